The highest BCUT2D eigenvalue weighted by molar-refractivity contribution is 7.47. The highest BCUT2D eigenvalue weighted by atomic mass is 31.2. The number of carbonyl (C=O) groups excluding carboxylic acids is 2. The Morgan fingerprint density at radius 2 is 1.00 bits per heavy atom. The van der Waals surface area contributed by atoms with Crippen molar-refractivity contribution >= 4 is 19.8 Å². The van der Waals surface area contributed by atoms with Gasteiger partial charge in [-0.2, -0.15) is 0 Å². The molecule has 0 spiro atoms. The van der Waals surface area contributed by atoms with E-state index < -0.39 is 32.5 Å². The molecule has 0 saturated heterocycles. The van der Waals surface area contributed by atoms with E-state index >= 15 is 0 Å². The van der Waals surface area contributed by atoms with Gasteiger partial charge < -0.3 is 19.7 Å². The van der Waals surface area contributed by atoms with Gasteiger partial charge in [0.2, 0.25) is 0 Å². The van der Waals surface area contributed by atoms with Crippen LogP contribution in [0.15, 0.2) is 85.1 Å². The van der Waals surface area contributed by atoms with Crippen molar-refractivity contribution in [2.45, 2.75) is 148 Å². The molecule has 0 aromatic heterocycles. The first-order chi connectivity index (χ1) is 26.3. The molecular weight excluding hydrogens is 701 g/mol. The number of hydrogen-bond donors (Lipinski definition) is 2. The molecule has 2 N–H and O–H groups in total. The summed E-state index contributed by atoms with van der Waals surface area (Å²) < 4.78 is 33.0. The van der Waals surface area contributed by atoms with Gasteiger partial charge in [-0.25, -0.2) is 4.57 Å². The Balaban J connectivity index is 4.45. The first-order valence-electron chi connectivity index (χ1n) is 20.5. The third-order valence-corrected chi connectivity index (χ3v) is 8.97. The zero-order valence-corrected chi connectivity index (χ0v) is 34.8. The minimum Gasteiger partial charge on any atom is -0.462 e. The molecule has 0 aliphatic heterocycles. The van der Waals surface area contributed by atoms with Crippen LogP contribution in [-0.2, 0) is 32.7 Å². The van der Waals surface area contributed by atoms with E-state index in [0.29, 0.717) is 25.8 Å². The number of allylic oxidation sites excluding steroid dienone is 14. The predicted molar refractivity (Wildman–Crippen MR) is 224 cm³/mol. The summed E-state index contributed by atoms with van der Waals surface area (Å²) in [5, 5.41) is 2.81. The van der Waals surface area contributed by atoms with E-state index in [9.17, 15) is 19.0 Å². The topological polar surface area (TPSA) is 120 Å². The molecule has 54 heavy (non-hydrogen) atoms. The standard InChI is InChI=1S/C44H74NO8P/c1-4-6-8-10-12-14-16-18-20-21-23-25-27-29-31-33-35-37-44(47)53-42(41-52-54(48,49)51-39-38-45-3)40-50-43(46)36-34-32-30-28-26-24-22-19-17-15-13-11-9-7-5-2/h12-15,18-20,22-23,25-26,28-29,31,42,45H,4-11,16-17,21,24,27,30,32-41H2,1-3H3,(H,48,49)/b14-12-,15-13-,20-18-,22-19-,25-23-,28-26-,31-29-. The fraction of sp³-hybridized carbons (Fsp3) is 0.636. The van der Waals surface area contributed by atoms with Crippen LogP contribution in [0.3, 0.4) is 0 Å². The molecule has 0 aliphatic carbocycles. The van der Waals surface area contributed by atoms with E-state index in [1.54, 1.807) is 7.05 Å². The number of hydrogen-bond acceptors (Lipinski definition) is 8. The largest absolute Gasteiger partial charge is 0.472 e. The summed E-state index contributed by atoms with van der Waals surface area (Å²) >= 11 is 0. The predicted octanol–water partition coefficient (Wildman–Crippen LogP) is 11.5. The van der Waals surface area contributed by atoms with Crippen LogP contribution in [0.4, 0.5) is 0 Å². The monoisotopic (exact) mass is 776 g/mol. The zero-order valence-electron chi connectivity index (χ0n) is 33.9. The molecule has 0 fully saturated rings. The van der Waals surface area contributed by atoms with Crippen LogP contribution in [-0.4, -0.2) is 56.3 Å². The van der Waals surface area contributed by atoms with E-state index in [-0.39, 0.29) is 26.1 Å². The number of phosphoric acid groups is 1. The van der Waals surface area contributed by atoms with Crippen LogP contribution in [0.5, 0.6) is 0 Å². The maximum Gasteiger partial charge on any atom is 0.472 e. The van der Waals surface area contributed by atoms with Crippen LogP contribution in [0.1, 0.15) is 142 Å². The van der Waals surface area contributed by atoms with Crippen LogP contribution in [0, 0.1) is 0 Å². The number of unbranched alkanes of at least 4 members (excludes halogenated alkanes) is 9. The summed E-state index contributed by atoms with van der Waals surface area (Å²) in [6.45, 7) is 4.03. The molecule has 2 atom stereocenters. The normalized spacial score (nSPS) is 14.2. The first-order valence-corrected chi connectivity index (χ1v) is 22.0. The average molecular weight is 776 g/mol. The Hall–Kier alpha value is -2.81. The number of likely N-dealkylation sites (N-methyl/N-ethyl adjacent to an activating group) is 1. The Kier molecular flexibility index (Phi) is 37.8. The summed E-state index contributed by atoms with van der Waals surface area (Å²) in [5.74, 6) is -0.927. The third kappa shape index (κ3) is 38.9. The molecule has 0 aromatic rings. The highest BCUT2D eigenvalue weighted by Crippen LogP contribution is 2.43. The second-order valence-electron chi connectivity index (χ2n) is 13.1. The van der Waals surface area contributed by atoms with Gasteiger partial charge in [0.25, 0.3) is 0 Å². The van der Waals surface area contributed by atoms with Gasteiger partial charge in [0.1, 0.15) is 6.61 Å². The van der Waals surface area contributed by atoms with Crippen molar-refractivity contribution in [3.05, 3.63) is 85.1 Å². The fourth-order valence-corrected chi connectivity index (χ4v) is 5.59. The molecule has 0 aliphatic rings. The van der Waals surface area contributed by atoms with Crippen molar-refractivity contribution in [3.63, 3.8) is 0 Å². The highest BCUT2D eigenvalue weighted by Gasteiger charge is 2.26. The lowest BCUT2D eigenvalue weighted by Crippen LogP contribution is -2.29. The van der Waals surface area contributed by atoms with E-state index in [1.165, 1.54) is 44.9 Å². The molecule has 0 saturated carbocycles. The van der Waals surface area contributed by atoms with Gasteiger partial charge in [-0.05, 0) is 96.9 Å². The Morgan fingerprint density at radius 1 is 0.574 bits per heavy atom. The van der Waals surface area contributed by atoms with Gasteiger partial charge in [0, 0.05) is 19.4 Å². The van der Waals surface area contributed by atoms with Crippen LogP contribution >= 0.6 is 7.82 Å². The molecule has 0 bridgehead atoms. The number of esters is 2. The van der Waals surface area contributed by atoms with Crippen molar-refractivity contribution < 1.29 is 37.6 Å². The second kappa shape index (κ2) is 39.9. The molecule has 9 nitrogen and oxygen atoms in total. The number of carbonyl (C=O) groups is 2. The lowest BCUT2D eigenvalue weighted by atomic mass is 10.1. The van der Waals surface area contributed by atoms with Gasteiger partial charge in [-0.15, -0.1) is 0 Å². The summed E-state index contributed by atoms with van der Waals surface area (Å²) in [6, 6.07) is 0. The van der Waals surface area contributed by atoms with E-state index in [1.807, 2.05) is 6.08 Å². The number of rotatable bonds is 37. The summed E-state index contributed by atoms with van der Waals surface area (Å²) in [6.07, 6.45) is 47.8. The van der Waals surface area contributed by atoms with Crippen molar-refractivity contribution in [3.8, 4) is 0 Å². The van der Waals surface area contributed by atoms with Crippen LogP contribution in [0.25, 0.3) is 0 Å². The van der Waals surface area contributed by atoms with Crippen molar-refractivity contribution in [2.24, 2.45) is 0 Å². The molecule has 0 rings (SSSR count). The SMILES string of the molecule is CCCCC/C=C\C/C=C\C/C=C\C/C=C\CCCC(=O)OC(COC(=O)CCCC/C=C\C/C=C\C/C=C\CCCCC)COP(=O)(O)OCCNC. The lowest BCUT2D eigenvalue weighted by Gasteiger charge is -2.20. The molecule has 2 unspecified atom stereocenters. The number of ether oxygens (including phenoxy) is 2. The summed E-state index contributed by atoms with van der Waals surface area (Å²) in [4.78, 5) is 34.9. The van der Waals surface area contributed by atoms with E-state index in [0.717, 1.165) is 51.4 Å². The van der Waals surface area contributed by atoms with Gasteiger partial charge in [0.15, 0.2) is 6.10 Å². The number of phosphoric ester groups is 1. The maximum atomic E-state index is 12.6. The Morgan fingerprint density at radius 3 is 1.46 bits per heavy atom. The molecule has 0 amide bonds. The summed E-state index contributed by atoms with van der Waals surface area (Å²) in [5.41, 5.74) is 0. The first kappa shape index (κ1) is 51.2. The van der Waals surface area contributed by atoms with E-state index in [2.05, 4.69) is 98.2 Å². The van der Waals surface area contributed by atoms with Crippen LogP contribution in [0.2, 0.25) is 0 Å². The van der Waals surface area contributed by atoms with Gasteiger partial charge in [-0.3, -0.25) is 18.6 Å². The Bertz CT molecular complexity index is 1160. The molecular formula is C44H74NO8P. The third-order valence-electron chi connectivity index (χ3n) is 7.99. The van der Waals surface area contributed by atoms with Crippen LogP contribution < -0.4 is 5.32 Å². The van der Waals surface area contributed by atoms with Crippen molar-refractivity contribution in [1.82, 2.24) is 5.32 Å². The molecule has 308 valence electrons. The van der Waals surface area contributed by atoms with Gasteiger partial charge in [0.05, 0.1) is 13.2 Å². The van der Waals surface area contributed by atoms with Crippen molar-refractivity contribution in [2.75, 3.05) is 33.4 Å². The number of nitrogens with one attached hydrogen (secondary N) is 1. The molecule has 0 heterocycles. The lowest BCUT2D eigenvalue weighted by molar-refractivity contribution is -0.161. The smallest absolute Gasteiger partial charge is 0.462 e. The fourth-order valence-electron chi connectivity index (χ4n) is 4.84. The van der Waals surface area contributed by atoms with Gasteiger partial charge in [-0.1, -0.05) is 125 Å². The van der Waals surface area contributed by atoms with Crippen molar-refractivity contribution in [1.29, 1.82) is 0 Å². The molecule has 10 heteroatoms. The second-order valence-corrected chi connectivity index (χ2v) is 14.6. The zero-order chi connectivity index (χ0) is 39.6. The quantitative estimate of drug-likeness (QED) is 0.0275. The molecule has 0 radical (unpaired) electrons. The Labute approximate surface area is 328 Å². The molecule has 0 aromatic carbocycles. The summed E-state index contributed by atoms with van der Waals surface area (Å²) in [7, 11) is -2.69. The van der Waals surface area contributed by atoms with Gasteiger partial charge >= 0.3 is 19.8 Å². The maximum absolute atomic E-state index is 12.6. The van der Waals surface area contributed by atoms with E-state index in [4.69, 9.17) is 18.5 Å². The average Bonchev–Trinajstić information content (AvgIpc) is 3.15. The minimum absolute atomic E-state index is 0.0378. The minimum atomic E-state index is -4.38.